The summed E-state index contributed by atoms with van der Waals surface area (Å²) < 4.78 is 1.74. The van der Waals surface area contributed by atoms with Gasteiger partial charge in [0.15, 0.2) is 0 Å². The van der Waals surface area contributed by atoms with Gasteiger partial charge in [-0.1, -0.05) is 12.8 Å². The first-order valence-corrected chi connectivity index (χ1v) is 8.16. The highest BCUT2D eigenvalue weighted by molar-refractivity contribution is 5.94. The number of carbonyl (C=O) groups is 2. The number of aromatic nitrogens is 2. The molecular weight excluding hydrogens is 280 g/mol. The third-order valence-corrected chi connectivity index (χ3v) is 4.97. The van der Waals surface area contributed by atoms with Gasteiger partial charge in [-0.05, 0) is 32.1 Å². The number of nitrogens with two attached hydrogens (primary N) is 1. The summed E-state index contributed by atoms with van der Waals surface area (Å²) in [7, 11) is 0. The molecule has 2 amide bonds. The molecule has 0 bridgehead atoms. The van der Waals surface area contributed by atoms with Crippen molar-refractivity contribution in [3.63, 3.8) is 0 Å². The van der Waals surface area contributed by atoms with Gasteiger partial charge in [0.2, 0.25) is 5.91 Å². The first kappa shape index (κ1) is 15.1. The molecule has 0 aromatic carbocycles. The Morgan fingerprint density at radius 3 is 2.82 bits per heavy atom. The SMILES string of the molecule is CCn1cc(C(=O)N2CCCC(CC3CC3)(C(N)=O)C2)cn1. The molecule has 1 aliphatic carbocycles. The van der Waals surface area contributed by atoms with Crippen LogP contribution in [0.15, 0.2) is 12.4 Å². The van der Waals surface area contributed by atoms with Crippen LogP contribution in [-0.4, -0.2) is 39.6 Å². The Morgan fingerprint density at radius 2 is 2.23 bits per heavy atom. The molecule has 1 unspecified atom stereocenters. The van der Waals surface area contributed by atoms with Crippen molar-refractivity contribution in [2.45, 2.75) is 45.6 Å². The number of nitrogens with zero attached hydrogens (tertiary/aromatic N) is 3. The lowest BCUT2D eigenvalue weighted by Gasteiger charge is -2.40. The number of rotatable bonds is 5. The number of hydrogen-bond donors (Lipinski definition) is 1. The summed E-state index contributed by atoms with van der Waals surface area (Å²) in [4.78, 5) is 26.5. The van der Waals surface area contributed by atoms with Gasteiger partial charge in [-0.25, -0.2) is 0 Å². The van der Waals surface area contributed by atoms with E-state index in [1.54, 1.807) is 22.0 Å². The van der Waals surface area contributed by atoms with Crippen LogP contribution in [0.5, 0.6) is 0 Å². The normalized spacial score (nSPS) is 25.2. The van der Waals surface area contributed by atoms with Crippen molar-refractivity contribution in [2.75, 3.05) is 13.1 Å². The van der Waals surface area contributed by atoms with Gasteiger partial charge >= 0.3 is 0 Å². The van der Waals surface area contributed by atoms with E-state index in [1.165, 1.54) is 12.8 Å². The molecule has 3 rings (SSSR count). The van der Waals surface area contributed by atoms with Crippen molar-refractivity contribution in [1.82, 2.24) is 14.7 Å². The molecule has 0 radical (unpaired) electrons. The summed E-state index contributed by atoms with van der Waals surface area (Å²) >= 11 is 0. The Balaban J connectivity index is 1.75. The molecule has 1 saturated heterocycles. The van der Waals surface area contributed by atoms with Gasteiger partial charge in [0.25, 0.3) is 5.91 Å². The van der Waals surface area contributed by atoms with Crippen LogP contribution in [0.25, 0.3) is 0 Å². The molecule has 0 spiro atoms. The number of carbonyl (C=O) groups excluding carboxylic acids is 2. The molecule has 6 heteroatoms. The van der Waals surface area contributed by atoms with Crippen molar-refractivity contribution in [3.8, 4) is 0 Å². The number of aryl methyl sites for hydroxylation is 1. The van der Waals surface area contributed by atoms with E-state index in [0.717, 1.165) is 25.8 Å². The lowest BCUT2D eigenvalue weighted by atomic mass is 9.75. The third kappa shape index (κ3) is 2.87. The van der Waals surface area contributed by atoms with Gasteiger partial charge in [-0.15, -0.1) is 0 Å². The summed E-state index contributed by atoms with van der Waals surface area (Å²) in [5.74, 6) is 0.326. The molecule has 1 aromatic rings. The van der Waals surface area contributed by atoms with Gasteiger partial charge in [-0.2, -0.15) is 5.10 Å². The van der Waals surface area contributed by atoms with Crippen LogP contribution < -0.4 is 5.73 Å². The first-order chi connectivity index (χ1) is 10.5. The molecule has 2 heterocycles. The van der Waals surface area contributed by atoms with Crippen LogP contribution in [-0.2, 0) is 11.3 Å². The molecule has 1 aliphatic heterocycles. The maximum atomic E-state index is 12.7. The zero-order chi connectivity index (χ0) is 15.7. The van der Waals surface area contributed by atoms with Gasteiger partial charge in [0, 0.05) is 25.8 Å². The van der Waals surface area contributed by atoms with E-state index in [-0.39, 0.29) is 11.8 Å². The van der Waals surface area contributed by atoms with Gasteiger partial charge in [0.1, 0.15) is 0 Å². The second-order valence-corrected chi connectivity index (χ2v) is 6.71. The van der Waals surface area contributed by atoms with Crippen LogP contribution >= 0.6 is 0 Å². The Bertz CT molecular complexity index is 578. The maximum absolute atomic E-state index is 12.7. The number of primary amides is 1. The van der Waals surface area contributed by atoms with E-state index < -0.39 is 5.41 Å². The van der Waals surface area contributed by atoms with E-state index in [9.17, 15) is 9.59 Å². The lowest BCUT2D eigenvalue weighted by Crippen LogP contribution is -2.52. The molecule has 120 valence electrons. The van der Waals surface area contributed by atoms with E-state index in [0.29, 0.717) is 24.6 Å². The van der Waals surface area contributed by atoms with Gasteiger partial charge < -0.3 is 10.6 Å². The Morgan fingerprint density at radius 1 is 1.45 bits per heavy atom. The quantitative estimate of drug-likeness (QED) is 0.893. The molecule has 2 fully saturated rings. The molecule has 1 atom stereocenters. The van der Waals surface area contributed by atoms with E-state index in [4.69, 9.17) is 5.73 Å². The number of amides is 2. The topological polar surface area (TPSA) is 81.2 Å². The van der Waals surface area contributed by atoms with Crippen molar-refractivity contribution >= 4 is 11.8 Å². The molecule has 1 aromatic heterocycles. The van der Waals surface area contributed by atoms with Crippen LogP contribution in [0.4, 0.5) is 0 Å². The van der Waals surface area contributed by atoms with E-state index in [1.807, 2.05) is 6.92 Å². The summed E-state index contributed by atoms with van der Waals surface area (Å²) in [5, 5.41) is 4.16. The number of likely N-dealkylation sites (tertiary alicyclic amines) is 1. The first-order valence-electron chi connectivity index (χ1n) is 8.16. The highest BCUT2D eigenvalue weighted by Gasteiger charge is 2.45. The number of hydrogen-bond acceptors (Lipinski definition) is 3. The average molecular weight is 304 g/mol. The molecule has 22 heavy (non-hydrogen) atoms. The average Bonchev–Trinajstić information content (AvgIpc) is 3.19. The minimum atomic E-state index is -0.532. The van der Waals surface area contributed by atoms with Crippen molar-refractivity contribution in [2.24, 2.45) is 17.1 Å². The predicted octanol–water partition coefficient (Wildman–Crippen LogP) is 1.41. The fourth-order valence-electron chi connectivity index (χ4n) is 3.48. The maximum Gasteiger partial charge on any atom is 0.257 e. The molecule has 6 nitrogen and oxygen atoms in total. The molecule has 2 N–H and O–H groups in total. The van der Waals surface area contributed by atoms with Crippen LogP contribution in [0.2, 0.25) is 0 Å². The molecular formula is C16H24N4O2. The van der Waals surface area contributed by atoms with Gasteiger partial charge in [-0.3, -0.25) is 14.3 Å². The van der Waals surface area contributed by atoms with Crippen molar-refractivity contribution in [1.29, 1.82) is 0 Å². The van der Waals surface area contributed by atoms with Crippen LogP contribution in [0.3, 0.4) is 0 Å². The summed E-state index contributed by atoms with van der Waals surface area (Å²) in [6.07, 6.45) is 8.22. The Kier molecular flexibility index (Phi) is 3.93. The lowest BCUT2D eigenvalue weighted by molar-refractivity contribution is -0.131. The Hall–Kier alpha value is -1.85. The Labute approximate surface area is 130 Å². The zero-order valence-electron chi connectivity index (χ0n) is 13.1. The van der Waals surface area contributed by atoms with Crippen LogP contribution in [0, 0.1) is 11.3 Å². The van der Waals surface area contributed by atoms with Crippen molar-refractivity contribution in [3.05, 3.63) is 18.0 Å². The highest BCUT2D eigenvalue weighted by atomic mass is 16.2. The smallest absolute Gasteiger partial charge is 0.257 e. The van der Waals surface area contributed by atoms with E-state index in [2.05, 4.69) is 5.10 Å². The summed E-state index contributed by atoms with van der Waals surface area (Å²) in [5.41, 5.74) is 5.77. The standard InChI is InChI=1S/C16H24N4O2/c1-2-20-10-13(9-18-20)14(21)19-7-3-6-16(11-19,15(17)22)8-12-4-5-12/h9-10,12H,2-8,11H2,1H3,(H2,17,22). The third-order valence-electron chi connectivity index (χ3n) is 4.97. The molecule has 2 aliphatic rings. The second-order valence-electron chi connectivity index (χ2n) is 6.71. The summed E-state index contributed by atoms with van der Waals surface area (Å²) in [6, 6.07) is 0. The summed E-state index contributed by atoms with van der Waals surface area (Å²) in [6.45, 7) is 3.86. The highest BCUT2D eigenvalue weighted by Crippen LogP contribution is 2.44. The zero-order valence-corrected chi connectivity index (χ0v) is 13.1. The molecule has 1 saturated carbocycles. The second kappa shape index (κ2) is 5.74. The van der Waals surface area contributed by atoms with E-state index >= 15 is 0 Å². The van der Waals surface area contributed by atoms with Crippen molar-refractivity contribution < 1.29 is 9.59 Å². The predicted molar refractivity (Wildman–Crippen MR) is 82.0 cm³/mol. The van der Waals surface area contributed by atoms with Crippen LogP contribution in [0.1, 0.15) is 49.4 Å². The fourth-order valence-corrected chi connectivity index (χ4v) is 3.48. The number of piperidine rings is 1. The minimum absolute atomic E-state index is 0.0409. The monoisotopic (exact) mass is 304 g/mol. The minimum Gasteiger partial charge on any atom is -0.369 e. The largest absolute Gasteiger partial charge is 0.369 e. The van der Waals surface area contributed by atoms with Gasteiger partial charge in [0.05, 0.1) is 17.2 Å². The fraction of sp³-hybridized carbons (Fsp3) is 0.688.